The maximum Gasteiger partial charge on any atom is 0.243 e. The van der Waals surface area contributed by atoms with E-state index < -0.39 is 0 Å². The molecule has 0 aromatic heterocycles. The highest BCUT2D eigenvalue weighted by Gasteiger charge is 2.29. The molecule has 3 nitrogen and oxygen atoms in total. The van der Waals surface area contributed by atoms with Gasteiger partial charge in [-0.2, -0.15) is 5.10 Å². The van der Waals surface area contributed by atoms with E-state index in [1.54, 1.807) is 0 Å². The predicted octanol–water partition coefficient (Wildman–Crippen LogP) is 4.17. The molecule has 2 saturated carbocycles. The number of nitrogens with zero attached hydrogens (tertiary/aromatic N) is 1. The van der Waals surface area contributed by atoms with E-state index in [9.17, 15) is 4.79 Å². The Balaban J connectivity index is 1.76. The second-order valence-electron chi connectivity index (χ2n) is 6.11. The highest BCUT2D eigenvalue weighted by atomic mass is 16.2. The van der Waals surface area contributed by atoms with Crippen LogP contribution in [0.2, 0.25) is 0 Å². The first kappa shape index (κ1) is 14.5. The topological polar surface area (TPSA) is 41.5 Å². The zero-order valence-electron chi connectivity index (χ0n) is 12.1. The second-order valence-corrected chi connectivity index (χ2v) is 6.11. The Bertz CT molecular complexity index is 294. The number of carbonyl (C=O) groups is 1. The summed E-state index contributed by atoms with van der Waals surface area (Å²) in [5, 5.41) is 4.39. The molecule has 1 amide bonds. The van der Waals surface area contributed by atoms with Gasteiger partial charge in [0.2, 0.25) is 5.91 Å². The van der Waals surface area contributed by atoms with Gasteiger partial charge >= 0.3 is 0 Å². The van der Waals surface area contributed by atoms with E-state index in [-0.39, 0.29) is 11.8 Å². The normalized spacial score (nSPS) is 23.1. The molecule has 108 valence electrons. The molecule has 0 aromatic rings. The number of hydrogen-bond acceptors (Lipinski definition) is 2. The van der Waals surface area contributed by atoms with E-state index >= 15 is 0 Å². The van der Waals surface area contributed by atoms with Crippen molar-refractivity contribution in [1.82, 2.24) is 5.43 Å². The Hall–Kier alpha value is -0.860. The zero-order valence-corrected chi connectivity index (χ0v) is 12.1. The van der Waals surface area contributed by atoms with Crippen molar-refractivity contribution in [3.05, 3.63) is 0 Å². The molecule has 0 bridgehead atoms. The first-order valence-corrected chi connectivity index (χ1v) is 8.21. The molecule has 2 rings (SSSR count). The molecule has 0 aliphatic heterocycles. The van der Waals surface area contributed by atoms with Crippen molar-refractivity contribution >= 4 is 11.6 Å². The molecule has 2 aliphatic rings. The van der Waals surface area contributed by atoms with Crippen LogP contribution in [0.3, 0.4) is 0 Å². The lowest BCUT2D eigenvalue weighted by molar-refractivity contribution is -0.122. The van der Waals surface area contributed by atoms with E-state index in [0.717, 1.165) is 25.7 Å². The van der Waals surface area contributed by atoms with Gasteiger partial charge in [0.1, 0.15) is 0 Å². The third-order valence-electron chi connectivity index (χ3n) is 4.20. The van der Waals surface area contributed by atoms with Gasteiger partial charge in [0, 0.05) is 11.6 Å². The third-order valence-corrected chi connectivity index (χ3v) is 4.20. The summed E-state index contributed by atoms with van der Waals surface area (Å²) in [7, 11) is 0. The van der Waals surface area contributed by atoms with Crippen molar-refractivity contribution in [2.24, 2.45) is 11.0 Å². The van der Waals surface area contributed by atoms with Gasteiger partial charge in [-0.3, -0.25) is 4.79 Å². The van der Waals surface area contributed by atoms with Gasteiger partial charge < -0.3 is 0 Å². The number of rotatable bonds is 2. The summed E-state index contributed by atoms with van der Waals surface area (Å²) >= 11 is 0. The van der Waals surface area contributed by atoms with Crippen LogP contribution in [0.25, 0.3) is 0 Å². The van der Waals surface area contributed by atoms with Gasteiger partial charge in [-0.15, -0.1) is 0 Å². The van der Waals surface area contributed by atoms with Gasteiger partial charge in [0.15, 0.2) is 0 Å². The molecular formula is C16H28N2O. The van der Waals surface area contributed by atoms with Gasteiger partial charge in [-0.25, -0.2) is 5.43 Å². The summed E-state index contributed by atoms with van der Waals surface area (Å²) in [6, 6.07) is 0. The fraction of sp³-hybridized carbons (Fsp3) is 0.875. The first-order valence-electron chi connectivity index (χ1n) is 8.21. The standard InChI is InChI=1S/C16H28N2O/c19-16(14-12-13-14)18-17-15-10-8-6-4-2-1-3-5-7-9-11-15/h14H,1-13H2,(H,18,19). The number of hydrogen-bond donors (Lipinski definition) is 1. The summed E-state index contributed by atoms with van der Waals surface area (Å²) in [5.41, 5.74) is 3.99. The van der Waals surface area contributed by atoms with Gasteiger partial charge in [-0.1, -0.05) is 44.9 Å². The van der Waals surface area contributed by atoms with Crippen LogP contribution < -0.4 is 5.43 Å². The molecule has 0 saturated heterocycles. The average molecular weight is 264 g/mol. The van der Waals surface area contributed by atoms with E-state index in [1.807, 2.05) is 0 Å². The van der Waals surface area contributed by atoms with Crippen molar-refractivity contribution in [3.63, 3.8) is 0 Å². The Kier molecular flexibility index (Phi) is 6.38. The van der Waals surface area contributed by atoms with Crippen LogP contribution in [-0.4, -0.2) is 11.6 Å². The van der Waals surface area contributed by atoms with Crippen LogP contribution in [0, 0.1) is 5.92 Å². The lowest BCUT2D eigenvalue weighted by atomic mass is 10.00. The van der Waals surface area contributed by atoms with Crippen LogP contribution in [0.4, 0.5) is 0 Å². The maximum absolute atomic E-state index is 11.6. The van der Waals surface area contributed by atoms with E-state index in [1.165, 1.54) is 63.5 Å². The highest BCUT2D eigenvalue weighted by molar-refractivity contribution is 5.87. The van der Waals surface area contributed by atoms with Crippen molar-refractivity contribution in [3.8, 4) is 0 Å². The van der Waals surface area contributed by atoms with E-state index in [2.05, 4.69) is 10.5 Å². The Labute approximate surface area is 117 Å². The minimum Gasteiger partial charge on any atom is -0.273 e. The summed E-state index contributed by atoms with van der Waals surface area (Å²) in [6.07, 6.45) is 16.3. The highest BCUT2D eigenvalue weighted by Crippen LogP contribution is 2.28. The molecule has 0 heterocycles. The molecule has 2 aliphatic carbocycles. The van der Waals surface area contributed by atoms with Crippen LogP contribution in [-0.2, 0) is 4.79 Å². The number of carbonyl (C=O) groups excluding carboxylic acids is 1. The molecular weight excluding hydrogens is 236 g/mol. The Morgan fingerprint density at radius 2 is 1.32 bits per heavy atom. The fourth-order valence-corrected chi connectivity index (χ4v) is 2.70. The average Bonchev–Trinajstić information content (AvgIpc) is 3.22. The summed E-state index contributed by atoms with van der Waals surface area (Å²) in [5.74, 6) is 0.397. The number of hydrazone groups is 1. The van der Waals surface area contributed by atoms with Crippen molar-refractivity contribution in [2.45, 2.75) is 83.5 Å². The van der Waals surface area contributed by atoms with Crippen LogP contribution >= 0.6 is 0 Å². The first-order chi connectivity index (χ1) is 9.36. The number of nitrogens with one attached hydrogen (secondary N) is 1. The monoisotopic (exact) mass is 264 g/mol. The third kappa shape index (κ3) is 6.22. The maximum atomic E-state index is 11.6. The molecule has 3 heteroatoms. The summed E-state index contributed by atoms with van der Waals surface area (Å²) in [4.78, 5) is 11.6. The SMILES string of the molecule is O=C(NN=C1CCCCCCCCCCC1)C1CC1. The zero-order chi connectivity index (χ0) is 13.3. The second kappa shape index (κ2) is 8.34. The van der Waals surface area contributed by atoms with Gasteiger partial charge in [0.05, 0.1) is 0 Å². The Morgan fingerprint density at radius 1 is 0.842 bits per heavy atom. The molecule has 1 N–H and O–H groups in total. The smallest absolute Gasteiger partial charge is 0.243 e. The van der Waals surface area contributed by atoms with Crippen LogP contribution in [0.15, 0.2) is 5.10 Å². The minimum atomic E-state index is 0.138. The largest absolute Gasteiger partial charge is 0.273 e. The molecule has 0 aromatic carbocycles. The fourth-order valence-electron chi connectivity index (χ4n) is 2.70. The van der Waals surface area contributed by atoms with Crippen molar-refractivity contribution in [2.75, 3.05) is 0 Å². The van der Waals surface area contributed by atoms with E-state index in [4.69, 9.17) is 0 Å². The quantitative estimate of drug-likeness (QED) is 0.747. The van der Waals surface area contributed by atoms with Gasteiger partial charge in [-0.05, 0) is 38.5 Å². The summed E-state index contributed by atoms with van der Waals surface area (Å²) < 4.78 is 0. The lowest BCUT2D eigenvalue weighted by Gasteiger charge is -2.09. The van der Waals surface area contributed by atoms with Crippen LogP contribution in [0.1, 0.15) is 83.5 Å². The van der Waals surface area contributed by atoms with Crippen molar-refractivity contribution < 1.29 is 4.79 Å². The molecule has 2 fully saturated rings. The molecule has 0 radical (unpaired) electrons. The lowest BCUT2D eigenvalue weighted by Crippen LogP contribution is -2.21. The Morgan fingerprint density at radius 3 is 1.79 bits per heavy atom. The molecule has 0 spiro atoms. The predicted molar refractivity (Wildman–Crippen MR) is 79.1 cm³/mol. The van der Waals surface area contributed by atoms with Crippen LogP contribution in [0.5, 0.6) is 0 Å². The minimum absolute atomic E-state index is 0.138. The molecule has 0 atom stereocenters. The molecule has 0 unspecified atom stereocenters. The summed E-state index contributed by atoms with van der Waals surface area (Å²) in [6.45, 7) is 0. The number of amides is 1. The van der Waals surface area contributed by atoms with Gasteiger partial charge in [0.25, 0.3) is 0 Å². The van der Waals surface area contributed by atoms with E-state index in [0.29, 0.717) is 0 Å². The molecule has 19 heavy (non-hydrogen) atoms. The van der Waals surface area contributed by atoms with Crippen molar-refractivity contribution in [1.29, 1.82) is 0 Å².